The van der Waals surface area contributed by atoms with Crippen molar-refractivity contribution in [1.29, 1.82) is 0 Å². The lowest BCUT2D eigenvalue weighted by atomic mass is 9.92. The lowest BCUT2D eigenvalue weighted by molar-refractivity contribution is 1.13. The molecule has 64 heavy (non-hydrogen) atoms. The maximum atomic E-state index is 5.20. The minimum atomic E-state index is 0.969. The third-order valence-electron chi connectivity index (χ3n) is 13.1. The Hall–Kier alpha value is -8.53. The number of fused-ring (bicyclic) bond motifs is 9. The second-order valence-corrected chi connectivity index (χ2v) is 16.7. The van der Waals surface area contributed by atoms with Gasteiger partial charge in [-0.15, -0.1) is 0 Å². The summed E-state index contributed by atoms with van der Waals surface area (Å²) in [5.41, 5.74) is 17.1. The molecule has 3 aromatic heterocycles. The molecule has 0 unspecified atom stereocenters. The van der Waals surface area contributed by atoms with Crippen LogP contribution in [0.15, 0.2) is 237 Å². The molecule has 0 bridgehead atoms. The number of pyridine rings is 1. The Labute approximate surface area is 370 Å². The standard InChI is InChI=1S/C61H39N3/c1-2-16-43(17-3-1)56-39-54(61-49-20-5-4-15-42(49)33-34-55(61)62-56)45-19-14-18-44(35-45)40-29-31-41(32-30-40)46-36-47(63-57-25-10-6-21-50(57)51-22-7-11-26-58(51)63)38-48(37-46)64-59-27-12-8-23-52(59)53-24-9-13-28-60(53)64/h1-39H. The van der Waals surface area contributed by atoms with Crippen LogP contribution in [0.4, 0.5) is 0 Å². The Kier molecular flexibility index (Phi) is 8.22. The maximum absolute atomic E-state index is 5.20. The van der Waals surface area contributed by atoms with Crippen LogP contribution in [0.1, 0.15) is 0 Å². The molecule has 0 fully saturated rings. The predicted octanol–water partition coefficient (Wildman–Crippen LogP) is 16.3. The number of aromatic nitrogens is 3. The highest BCUT2D eigenvalue weighted by atomic mass is 15.0. The molecule has 3 heteroatoms. The van der Waals surface area contributed by atoms with Gasteiger partial charge in [-0.3, -0.25) is 0 Å². The van der Waals surface area contributed by atoms with E-state index in [0.29, 0.717) is 0 Å². The zero-order chi connectivity index (χ0) is 42.1. The largest absolute Gasteiger partial charge is 0.309 e. The first-order chi connectivity index (χ1) is 31.7. The van der Waals surface area contributed by atoms with Gasteiger partial charge in [0.2, 0.25) is 0 Å². The first kappa shape index (κ1) is 36.2. The quantitative estimate of drug-likeness (QED) is 0.153. The van der Waals surface area contributed by atoms with Gasteiger partial charge in [0, 0.05) is 43.9 Å². The molecule has 13 rings (SSSR count). The Morgan fingerprint density at radius 1 is 0.281 bits per heavy atom. The second kappa shape index (κ2) is 14.5. The van der Waals surface area contributed by atoms with Crippen LogP contribution in [0.2, 0.25) is 0 Å². The van der Waals surface area contributed by atoms with Crippen LogP contribution in [0.5, 0.6) is 0 Å². The maximum Gasteiger partial charge on any atom is 0.0722 e. The topological polar surface area (TPSA) is 22.8 Å². The second-order valence-electron chi connectivity index (χ2n) is 16.7. The molecule has 0 aliphatic carbocycles. The summed E-state index contributed by atoms with van der Waals surface area (Å²) in [7, 11) is 0. The highest BCUT2D eigenvalue weighted by molar-refractivity contribution is 6.14. The highest BCUT2D eigenvalue weighted by Gasteiger charge is 2.18. The number of para-hydroxylation sites is 4. The first-order valence-electron chi connectivity index (χ1n) is 21.9. The molecule has 0 spiro atoms. The van der Waals surface area contributed by atoms with Crippen LogP contribution in [0.25, 0.3) is 121 Å². The Balaban J connectivity index is 0.970. The van der Waals surface area contributed by atoms with E-state index in [-0.39, 0.29) is 0 Å². The van der Waals surface area contributed by atoms with Crippen LogP contribution in [-0.4, -0.2) is 14.1 Å². The van der Waals surface area contributed by atoms with E-state index in [9.17, 15) is 0 Å². The first-order valence-corrected chi connectivity index (χ1v) is 21.9. The fourth-order valence-electron chi connectivity index (χ4n) is 10.1. The van der Waals surface area contributed by atoms with Crippen molar-refractivity contribution in [3.05, 3.63) is 237 Å². The van der Waals surface area contributed by atoms with Crippen LogP contribution in [0, 0.1) is 0 Å². The minimum absolute atomic E-state index is 0.969. The van der Waals surface area contributed by atoms with E-state index in [1.165, 1.54) is 76.5 Å². The fraction of sp³-hybridized carbons (Fsp3) is 0. The van der Waals surface area contributed by atoms with E-state index in [0.717, 1.165) is 44.8 Å². The fourth-order valence-corrected chi connectivity index (χ4v) is 10.1. The summed E-state index contributed by atoms with van der Waals surface area (Å²) in [4.78, 5) is 5.20. The van der Waals surface area contributed by atoms with Gasteiger partial charge in [-0.25, -0.2) is 4.98 Å². The predicted molar refractivity (Wildman–Crippen MR) is 270 cm³/mol. The summed E-state index contributed by atoms with van der Waals surface area (Å²) in [6.45, 7) is 0. The third kappa shape index (κ3) is 5.79. The zero-order valence-corrected chi connectivity index (χ0v) is 34.9. The van der Waals surface area contributed by atoms with Crippen LogP contribution in [0.3, 0.4) is 0 Å². The van der Waals surface area contributed by atoms with Gasteiger partial charge in [0.25, 0.3) is 0 Å². The number of hydrogen-bond acceptors (Lipinski definition) is 1. The summed E-state index contributed by atoms with van der Waals surface area (Å²) in [6.07, 6.45) is 0. The highest BCUT2D eigenvalue weighted by Crippen LogP contribution is 2.40. The molecule has 0 N–H and O–H groups in total. The molecule has 298 valence electrons. The van der Waals surface area contributed by atoms with Gasteiger partial charge < -0.3 is 9.13 Å². The van der Waals surface area contributed by atoms with Gasteiger partial charge in [-0.2, -0.15) is 0 Å². The smallest absolute Gasteiger partial charge is 0.0722 e. The number of rotatable bonds is 6. The third-order valence-corrected chi connectivity index (χ3v) is 13.1. The number of hydrogen-bond donors (Lipinski definition) is 0. The van der Waals surface area contributed by atoms with Gasteiger partial charge >= 0.3 is 0 Å². The summed E-state index contributed by atoms with van der Waals surface area (Å²) in [6, 6.07) is 86.0. The monoisotopic (exact) mass is 813 g/mol. The molecule has 13 aromatic rings. The average Bonchev–Trinajstić information content (AvgIpc) is 3.89. The van der Waals surface area contributed by atoms with Crippen molar-refractivity contribution < 1.29 is 0 Å². The Morgan fingerprint density at radius 2 is 0.750 bits per heavy atom. The molecule has 0 radical (unpaired) electrons. The van der Waals surface area contributed by atoms with Crippen molar-refractivity contribution in [2.24, 2.45) is 0 Å². The zero-order valence-electron chi connectivity index (χ0n) is 34.9. The number of nitrogens with zero attached hydrogens (tertiary/aromatic N) is 3. The van der Waals surface area contributed by atoms with E-state index in [1.54, 1.807) is 0 Å². The molecule has 0 amide bonds. The molecule has 0 atom stereocenters. The Bertz CT molecular complexity index is 3710. The SMILES string of the molecule is c1ccc(-c2cc(-c3cccc(-c4ccc(-c5cc(-n6c7ccccc7c7ccccc76)cc(-n6c7ccccc7c7ccccc76)c5)cc4)c3)c3c(ccc4ccccc43)n2)cc1. The molecular weight excluding hydrogens is 775 g/mol. The van der Waals surface area contributed by atoms with Gasteiger partial charge in [0.05, 0.1) is 33.3 Å². The lowest BCUT2D eigenvalue weighted by Gasteiger charge is -2.16. The van der Waals surface area contributed by atoms with Crippen molar-refractivity contribution >= 4 is 65.3 Å². The molecule has 10 aromatic carbocycles. The van der Waals surface area contributed by atoms with Gasteiger partial charge in [0.1, 0.15) is 0 Å². The van der Waals surface area contributed by atoms with Gasteiger partial charge in [0.15, 0.2) is 0 Å². The molecule has 0 saturated heterocycles. The van der Waals surface area contributed by atoms with Gasteiger partial charge in [-0.1, -0.05) is 176 Å². The van der Waals surface area contributed by atoms with E-state index < -0.39 is 0 Å². The van der Waals surface area contributed by atoms with Crippen molar-refractivity contribution in [3.8, 4) is 56.0 Å². The summed E-state index contributed by atoms with van der Waals surface area (Å²) < 4.78 is 4.86. The number of benzene rings is 10. The van der Waals surface area contributed by atoms with Crippen LogP contribution >= 0.6 is 0 Å². The molecule has 3 nitrogen and oxygen atoms in total. The van der Waals surface area contributed by atoms with Crippen LogP contribution < -0.4 is 0 Å². The molecule has 0 saturated carbocycles. The molecular formula is C61H39N3. The lowest BCUT2D eigenvalue weighted by Crippen LogP contribution is -2.00. The van der Waals surface area contributed by atoms with E-state index in [1.807, 2.05) is 0 Å². The van der Waals surface area contributed by atoms with E-state index in [2.05, 4.69) is 246 Å². The summed E-state index contributed by atoms with van der Waals surface area (Å²) in [5.74, 6) is 0. The van der Waals surface area contributed by atoms with E-state index >= 15 is 0 Å². The normalized spacial score (nSPS) is 11.8. The summed E-state index contributed by atoms with van der Waals surface area (Å²) >= 11 is 0. The van der Waals surface area contributed by atoms with Crippen molar-refractivity contribution in [2.75, 3.05) is 0 Å². The average molecular weight is 814 g/mol. The molecule has 0 aliphatic heterocycles. The summed E-state index contributed by atoms with van der Waals surface area (Å²) in [5, 5.41) is 8.58. The van der Waals surface area contributed by atoms with Crippen molar-refractivity contribution in [1.82, 2.24) is 14.1 Å². The van der Waals surface area contributed by atoms with E-state index in [4.69, 9.17) is 4.98 Å². The van der Waals surface area contributed by atoms with Crippen molar-refractivity contribution in [3.63, 3.8) is 0 Å². The van der Waals surface area contributed by atoms with Crippen molar-refractivity contribution in [2.45, 2.75) is 0 Å². The minimum Gasteiger partial charge on any atom is -0.309 e. The van der Waals surface area contributed by atoms with Gasteiger partial charge in [-0.05, 0) is 105 Å². The Morgan fingerprint density at radius 3 is 1.33 bits per heavy atom. The van der Waals surface area contributed by atoms with Crippen LogP contribution in [-0.2, 0) is 0 Å². The molecule has 3 heterocycles. The molecule has 0 aliphatic rings.